The Hall–Kier alpha value is -0.980. The third kappa shape index (κ3) is 3.02. The third-order valence-electron chi connectivity index (χ3n) is 3.86. The van der Waals surface area contributed by atoms with Crippen LogP contribution < -0.4 is 4.90 Å². The van der Waals surface area contributed by atoms with Crippen LogP contribution in [0.3, 0.4) is 0 Å². The van der Waals surface area contributed by atoms with Crippen LogP contribution in [0.2, 0.25) is 0 Å². The van der Waals surface area contributed by atoms with Gasteiger partial charge in [-0.3, -0.25) is 0 Å². The monoisotopic (exact) mass is 231 g/mol. The van der Waals surface area contributed by atoms with Gasteiger partial charge in [-0.15, -0.1) is 0 Å². The molecule has 1 saturated heterocycles. The number of hydrogen-bond donors (Lipinski definition) is 0. The Morgan fingerprint density at radius 3 is 2.59 bits per heavy atom. The summed E-state index contributed by atoms with van der Waals surface area (Å²) in [5.41, 5.74) is 4.58. The smallest absolute Gasteiger partial charge is 0.0401 e. The van der Waals surface area contributed by atoms with E-state index in [0.29, 0.717) is 0 Å². The summed E-state index contributed by atoms with van der Waals surface area (Å²) in [5.74, 6) is 0. The Morgan fingerprint density at radius 1 is 1.12 bits per heavy atom. The molecule has 0 unspecified atom stereocenters. The van der Waals surface area contributed by atoms with E-state index in [-0.39, 0.29) is 0 Å². The minimum atomic E-state index is 1.25. The van der Waals surface area contributed by atoms with E-state index < -0.39 is 0 Å². The lowest BCUT2D eigenvalue weighted by Crippen LogP contribution is -2.30. The predicted octanol–water partition coefficient (Wildman–Crippen LogP) is 4.33. The van der Waals surface area contributed by atoms with Gasteiger partial charge in [-0.05, 0) is 56.2 Å². The van der Waals surface area contributed by atoms with E-state index in [1.54, 1.807) is 5.56 Å². The van der Waals surface area contributed by atoms with Crippen molar-refractivity contribution in [3.8, 4) is 0 Å². The SMILES string of the molecule is CCCCc1c(C)cccc1N1CCCCC1. The van der Waals surface area contributed by atoms with Crippen molar-refractivity contribution in [2.24, 2.45) is 0 Å². The lowest BCUT2D eigenvalue weighted by atomic mass is 9.99. The van der Waals surface area contributed by atoms with Crippen molar-refractivity contribution in [2.75, 3.05) is 18.0 Å². The first-order valence-corrected chi connectivity index (χ1v) is 7.16. The summed E-state index contributed by atoms with van der Waals surface area (Å²) < 4.78 is 0. The molecule has 94 valence electrons. The number of hydrogen-bond acceptors (Lipinski definition) is 1. The van der Waals surface area contributed by atoms with Gasteiger partial charge in [0.1, 0.15) is 0 Å². The molecule has 0 radical (unpaired) electrons. The summed E-state index contributed by atoms with van der Waals surface area (Å²) in [6, 6.07) is 6.80. The van der Waals surface area contributed by atoms with E-state index >= 15 is 0 Å². The van der Waals surface area contributed by atoms with Gasteiger partial charge in [0, 0.05) is 18.8 Å². The Labute approximate surface area is 106 Å². The zero-order valence-electron chi connectivity index (χ0n) is 11.3. The van der Waals surface area contributed by atoms with Crippen LogP contribution in [-0.2, 0) is 6.42 Å². The first-order chi connectivity index (χ1) is 8.33. The van der Waals surface area contributed by atoms with Crippen LogP contribution in [0.1, 0.15) is 50.2 Å². The van der Waals surface area contributed by atoms with Gasteiger partial charge in [0.25, 0.3) is 0 Å². The van der Waals surface area contributed by atoms with E-state index in [1.165, 1.54) is 62.9 Å². The lowest BCUT2D eigenvalue weighted by Gasteiger charge is -2.31. The highest BCUT2D eigenvalue weighted by molar-refractivity contribution is 5.57. The molecule has 0 bridgehead atoms. The molecule has 1 aliphatic rings. The molecule has 1 aromatic carbocycles. The average molecular weight is 231 g/mol. The van der Waals surface area contributed by atoms with Gasteiger partial charge >= 0.3 is 0 Å². The van der Waals surface area contributed by atoms with Crippen molar-refractivity contribution >= 4 is 5.69 Å². The zero-order valence-corrected chi connectivity index (χ0v) is 11.3. The van der Waals surface area contributed by atoms with Gasteiger partial charge in [0.05, 0.1) is 0 Å². The Balaban J connectivity index is 2.21. The van der Waals surface area contributed by atoms with Gasteiger partial charge in [-0.1, -0.05) is 25.5 Å². The molecule has 0 atom stereocenters. The topological polar surface area (TPSA) is 3.24 Å². The van der Waals surface area contributed by atoms with E-state index in [1.807, 2.05) is 0 Å². The fourth-order valence-electron chi connectivity index (χ4n) is 2.80. The molecule has 0 N–H and O–H groups in total. The standard InChI is InChI=1S/C16H25N/c1-3-4-10-15-14(2)9-8-11-16(15)17-12-6-5-7-13-17/h8-9,11H,3-7,10,12-13H2,1-2H3. The molecule has 0 spiro atoms. The number of nitrogens with zero attached hydrogens (tertiary/aromatic N) is 1. The lowest BCUT2D eigenvalue weighted by molar-refractivity contribution is 0.575. The van der Waals surface area contributed by atoms with Crippen LogP contribution in [0.25, 0.3) is 0 Å². The van der Waals surface area contributed by atoms with Crippen LogP contribution in [0.5, 0.6) is 0 Å². The summed E-state index contributed by atoms with van der Waals surface area (Å²) in [6.45, 7) is 7.04. The first kappa shape index (κ1) is 12.5. The number of benzene rings is 1. The fraction of sp³-hybridized carbons (Fsp3) is 0.625. The molecule has 1 aliphatic heterocycles. The Kier molecular flexibility index (Phi) is 4.47. The number of rotatable bonds is 4. The van der Waals surface area contributed by atoms with E-state index in [2.05, 4.69) is 36.9 Å². The minimum absolute atomic E-state index is 1.25. The normalized spacial score (nSPS) is 16.2. The predicted molar refractivity (Wildman–Crippen MR) is 75.9 cm³/mol. The largest absolute Gasteiger partial charge is 0.371 e. The van der Waals surface area contributed by atoms with Gasteiger partial charge in [-0.2, -0.15) is 0 Å². The number of piperidine rings is 1. The number of aryl methyl sites for hydroxylation is 1. The van der Waals surface area contributed by atoms with Crippen molar-refractivity contribution in [1.82, 2.24) is 0 Å². The summed E-state index contributed by atoms with van der Waals surface area (Å²) >= 11 is 0. The zero-order chi connectivity index (χ0) is 12.1. The van der Waals surface area contributed by atoms with Gasteiger partial charge in [-0.25, -0.2) is 0 Å². The van der Waals surface area contributed by atoms with Crippen molar-refractivity contribution in [1.29, 1.82) is 0 Å². The Morgan fingerprint density at radius 2 is 1.88 bits per heavy atom. The molecular weight excluding hydrogens is 206 g/mol. The molecule has 1 nitrogen and oxygen atoms in total. The van der Waals surface area contributed by atoms with E-state index in [0.717, 1.165) is 0 Å². The molecule has 1 fully saturated rings. The number of unbranched alkanes of at least 4 members (excludes halogenated alkanes) is 1. The maximum absolute atomic E-state index is 2.60. The third-order valence-corrected chi connectivity index (χ3v) is 3.86. The second-order valence-electron chi connectivity index (χ2n) is 5.22. The van der Waals surface area contributed by atoms with Crippen LogP contribution in [0, 0.1) is 6.92 Å². The summed E-state index contributed by atoms with van der Waals surface area (Å²) in [4.78, 5) is 2.60. The van der Waals surface area contributed by atoms with E-state index in [9.17, 15) is 0 Å². The number of anilines is 1. The van der Waals surface area contributed by atoms with Gasteiger partial charge in [0.15, 0.2) is 0 Å². The van der Waals surface area contributed by atoms with Crippen LogP contribution in [0.4, 0.5) is 5.69 Å². The summed E-state index contributed by atoms with van der Waals surface area (Å²) in [5, 5.41) is 0. The molecular formula is C16H25N. The fourth-order valence-corrected chi connectivity index (χ4v) is 2.80. The first-order valence-electron chi connectivity index (χ1n) is 7.16. The average Bonchev–Trinajstić information content (AvgIpc) is 2.38. The van der Waals surface area contributed by atoms with Crippen LogP contribution >= 0.6 is 0 Å². The molecule has 0 saturated carbocycles. The highest BCUT2D eigenvalue weighted by Crippen LogP contribution is 2.27. The molecule has 1 heterocycles. The molecule has 0 aromatic heterocycles. The van der Waals surface area contributed by atoms with E-state index in [4.69, 9.17) is 0 Å². The minimum Gasteiger partial charge on any atom is -0.371 e. The molecule has 0 aliphatic carbocycles. The Bertz CT molecular complexity index is 351. The molecule has 1 heteroatoms. The quantitative estimate of drug-likeness (QED) is 0.745. The molecule has 0 amide bonds. The maximum atomic E-state index is 2.60. The van der Waals surface area contributed by atoms with Crippen molar-refractivity contribution < 1.29 is 0 Å². The highest BCUT2D eigenvalue weighted by atomic mass is 15.1. The maximum Gasteiger partial charge on any atom is 0.0401 e. The van der Waals surface area contributed by atoms with Crippen molar-refractivity contribution in [3.63, 3.8) is 0 Å². The second kappa shape index (κ2) is 6.09. The van der Waals surface area contributed by atoms with Crippen LogP contribution in [-0.4, -0.2) is 13.1 Å². The summed E-state index contributed by atoms with van der Waals surface area (Å²) in [7, 11) is 0. The van der Waals surface area contributed by atoms with Crippen LogP contribution in [0.15, 0.2) is 18.2 Å². The van der Waals surface area contributed by atoms with Crippen molar-refractivity contribution in [2.45, 2.75) is 52.4 Å². The highest BCUT2D eigenvalue weighted by Gasteiger charge is 2.14. The molecule has 17 heavy (non-hydrogen) atoms. The van der Waals surface area contributed by atoms with Gasteiger partial charge in [0.2, 0.25) is 0 Å². The van der Waals surface area contributed by atoms with Crippen molar-refractivity contribution in [3.05, 3.63) is 29.3 Å². The molecule has 1 aromatic rings. The van der Waals surface area contributed by atoms with Gasteiger partial charge < -0.3 is 4.90 Å². The second-order valence-corrected chi connectivity index (χ2v) is 5.22. The molecule has 2 rings (SSSR count). The summed E-state index contributed by atoms with van der Waals surface area (Å²) in [6.07, 6.45) is 7.98.